The van der Waals surface area contributed by atoms with Crippen molar-refractivity contribution in [3.05, 3.63) is 57.9 Å². The minimum atomic E-state index is -1.04. The highest BCUT2D eigenvalue weighted by atomic mass is 16.5. The van der Waals surface area contributed by atoms with E-state index in [0.717, 1.165) is 50.5 Å². The normalized spacial score (nSPS) is 20.1. The number of ether oxygens (including phenoxy) is 1. The molecule has 31 heavy (non-hydrogen) atoms. The number of fused-ring (bicyclic) bond motifs is 1. The highest BCUT2D eigenvalue weighted by molar-refractivity contribution is 5.88. The van der Waals surface area contributed by atoms with Gasteiger partial charge in [0.25, 0.3) is 0 Å². The largest absolute Gasteiger partial charge is 0.477 e. The molecule has 2 fully saturated rings. The third-order valence-corrected chi connectivity index (χ3v) is 6.25. The zero-order chi connectivity index (χ0) is 21.4. The van der Waals surface area contributed by atoms with Gasteiger partial charge in [-0.1, -0.05) is 6.07 Å². The Kier molecular flexibility index (Phi) is 5.29. The van der Waals surface area contributed by atoms with Crippen LogP contribution in [0.3, 0.4) is 0 Å². The Labute approximate surface area is 178 Å². The molecule has 0 aliphatic carbocycles. The molecule has 9 heteroatoms. The molecular formula is C22H25N5O4. The average molecular weight is 423 g/mol. The molecule has 162 valence electrons. The molecule has 3 aromatic rings. The Hall–Kier alpha value is -3.04. The van der Waals surface area contributed by atoms with Gasteiger partial charge in [0.1, 0.15) is 11.3 Å². The maximum absolute atomic E-state index is 11.6. The highest BCUT2D eigenvalue weighted by Crippen LogP contribution is 2.28. The Bertz CT molecular complexity index is 1160. The van der Waals surface area contributed by atoms with Crippen molar-refractivity contribution in [1.82, 2.24) is 24.4 Å². The van der Waals surface area contributed by atoms with Crippen molar-refractivity contribution in [3.63, 3.8) is 0 Å². The third-order valence-electron chi connectivity index (χ3n) is 6.25. The number of hydrogen-bond acceptors (Lipinski definition) is 6. The van der Waals surface area contributed by atoms with Crippen molar-refractivity contribution < 1.29 is 14.6 Å². The number of imidazole rings is 1. The summed E-state index contributed by atoms with van der Waals surface area (Å²) in [7, 11) is 0. The molecule has 2 aliphatic heterocycles. The number of piperidine rings is 1. The fourth-order valence-electron chi connectivity index (χ4n) is 4.42. The first-order valence-electron chi connectivity index (χ1n) is 10.7. The van der Waals surface area contributed by atoms with Gasteiger partial charge < -0.3 is 19.4 Å². The summed E-state index contributed by atoms with van der Waals surface area (Å²) in [5.74, 6) is 0.191. The number of carboxylic acid groups (broad SMARTS) is 1. The van der Waals surface area contributed by atoms with Gasteiger partial charge in [0.15, 0.2) is 11.3 Å². The minimum absolute atomic E-state index is 0.0207. The number of nitrogens with one attached hydrogen (secondary N) is 1. The SMILES string of the molecule is O=C(O)c1ccc2nc(CN3CCC(c4cccc(=O)[nH]4)CC3)n(C[C@@H]3CCO3)c2n1. The Morgan fingerprint density at radius 3 is 2.65 bits per heavy atom. The summed E-state index contributed by atoms with van der Waals surface area (Å²) in [6, 6.07) is 8.57. The molecule has 2 N–H and O–H groups in total. The lowest BCUT2D eigenvalue weighted by molar-refractivity contribution is -0.0593. The number of nitrogens with zero attached hydrogens (tertiary/aromatic N) is 4. The molecule has 0 spiro atoms. The Morgan fingerprint density at radius 2 is 1.97 bits per heavy atom. The van der Waals surface area contributed by atoms with Crippen LogP contribution >= 0.6 is 0 Å². The van der Waals surface area contributed by atoms with E-state index in [-0.39, 0.29) is 17.4 Å². The Balaban J connectivity index is 1.35. The van der Waals surface area contributed by atoms with Crippen molar-refractivity contribution in [2.24, 2.45) is 0 Å². The van der Waals surface area contributed by atoms with Crippen LogP contribution in [0, 0.1) is 0 Å². The number of H-pyrrole nitrogens is 1. The molecule has 9 nitrogen and oxygen atoms in total. The molecule has 5 rings (SSSR count). The second-order valence-electron chi connectivity index (χ2n) is 8.29. The van der Waals surface area contributed by atoms with Gasteiger partial charge in [0, 0.05) is 24.3 Å². The van der Waals surface area contributed by atoms with E-state index >= 15 is 0 Å². The predicted octanol–water partition coefficient (Wildman–Crippen LogP) is 1.99. The van der Waals surface area contributed by atoms with Gasteiger partial charge in [0.2, 0.25) is 5.56 Å². The van der Waals surface area contributed by atoms with Gasteiger partial charge in [-0.3, -0.25) is 9.69 Å². The number of pyridine rings is 2. The fourth-order valence-corrected chi connectivity index (χ4v) is 4.42. The lowest BCUT2D eigenvalue weighted by Crippen LogP contribution is -2.35. The quantitative estimate of drug-likeness (QED) is 0.623. The number of likely N-dealkylation sites (tertiary alicyclic amines) is 1. The maximum atomic E-state index is 11.6. The second kappa shape index (κ2) is 8.24. The van der Waals surface area contributed by atoms with Crippen molar-refractivity contribution in [3.8, 4) is 0 Å². The van der Waals surface area contributed by atoms with E-state index in [1.165, 1.54) is 6.07 Å². The third kappa shape index (κ3) is 4.11. The van der Waals surface area contributed by atoms with E-state index in [0.29, 0.717) is 30.2 Å². The molecule has 2 saturated heterocycles. The van der Waals surface area contributed by atoms with Crippen molar-refractivity contribution in [2.75, 3.05) is 19.7 Å². The van der Waals surface area contributed by atoms with Crippen LogP contribution in [0.25, 0.3) is 11.2 Å². The molecule has 0 saturated carbocycles. The number of aromatic carboxylic acids is 1. The summed E-state index contributed by atoms with van der Waals surface area (Å²) in [6.07, 6.45) is 3.03. The number of carbonyl (C=O) groups is 1. The molecule has 3 aromatic heterocycles. The lowest BCUT2D eigenvalue weighted by atomic mass is 9.93. The summed E-state index contributed by atoms with van der Waals surface area (Å²) >= 11 is 0. The van der Waals surface area contributed by atoms with Crippen LogP contribution in [0.2, 0.25) is 0 Å². The summed E-state index contributed by atoms with van der Waals surface area (Å²) in [5, 5.41) is 9.33. The molecule has 1 atom stereocenters. The van der Waals surface area contributed by atoms with Gasteiger partial charge in [-0.25, -0.2) is 14.8 Å². The number of hydrogen-bond donors (Lipinski definition) is 2. The molecule has 0 radical (unpaired) electrons. The van der Waals surface area contributed by atoms with Crippen LogP contribution in [-0.4, -0.2) is 61.3 Å². The van der Waals surface area contributed by atoms with Crippen LogP contribution in [0.4, 0.5) is 0 Å². The highest BCUT2D eigenvalue weighted by Gasteiger charge is 2.26. The first-order chi connectivity index (χ1) is 15.1. The van der Waals surface area contributed by atoms with Gasteiger partial charge >= 0.3 is 5.97 Å². The average Bonchev–Trinajstić information content (AvgIpc) is 3.07. The predicted molar refractivity (Wildman–Crippen MR) is 113 cm³/mol. The molecule has 5 heterocycles. The van der Waals surface area contributed by atoms with E-state index in [2.05, 4.69) is 14.9 Å². The van der Waals surface area contributed by atoms with Crippen LogP contribution < -0.4 is 5.56 Å². The number of aromatic nitrogens is 4. The van der Waals surface area contributed by atoms with Gasteiger partial charge in [0.05, 0.1) is 19.2 Å². The van der Waals surface area contributed by atoms with Gasteiger partial charge in [-0.2, -0.15) is 0 Å². The summed E-state index contributed by atoms with van der Waals surface area (Å²) in [5.41, 5.74) is 2.28. The Morgan fingerprint density at radius 1 is 1.16 bits per heavy atom. The van der Waals surface area contributed by atoms with Crippen molar-refractivity contribution in [1.29, 1.82) is 0 Å². The monoisotopic (exact) mass is 423 g/mol. The van der Waals surface area contributed by atoms with E-state index in [1.807, 2.05) is 16.7 Å². The standard InChI is InChI=1S/C22H25N5O4/c28-20-3-1-2-16(24-20)14-6-9-26(10-7-14)13-19-23-17-4-5-18(22(29)30)25-21(17)27(19)12-15-8-11-31-15/h1-5,14-15H,6-13H2,(H,24,28)(H,29,30)/t15-/m0/s1. The second-order valence-corrected chi connectivity index (χ2v) is 8.29. The lowest BCUT2D eigenvalue weighted by Gasteiger charge is -2.32. The number of carboxylic acids is 1. The van der Waals surface area contributed by atoms with Crippen molar-refractivity contribution >= 4 is 17.1 Å². The molecular weight excluding hydrogens is 398 g/mol. The van der Waals surface area contributed by atoms with Crippen LogP contribution in [0.5, 0.6) is 0 Å². The zero-order valence-corrected chi connectivity index (χ0v) is 17.2. The number of aromatic amines is 1. The first-order valence-corrected chi connectivity index (χ1v) is 10.7. The maximum Gasteiger partial charge on any atom is 0.354 e. The van der Waals surface area contributed by atoms with E-state index < -0.39 is 5.97 Å². The first kappa shape index (κ1) is 19.9. The van der Waals surface area contributed by atoms with Gasteiger partial charge in [-0.05, 0) is 50.6 Å². The number of rotatable bonds is 6. The van der Waals surface area contributed by atoms with Crippen LogP contribution in [0.15, 0.2) is 35.1 Å². The summed E-state index contributed by atoms with van der Waals surface area (Å²) in [4.78, 5) is 37.4. The van der Waals surface area contributed by atoms with E-state index in [4.69, 9.17) is 9.72 Å². The van der Waals surface area contributed by atoms with Crippen LogP contribution in [-0.2, 0) is 17.8 Å². The smallest absolute Gasteiger partial charge is 0.354 e. The molecule has 0 unspecified atom stereocenters. The minimum Gasteiger partial charge on any atom is -0.477 e. The molecule has 0 aromatic carbocycles. The fraction of sp³-hybridized carbons (Fsp3) is 0.455. The summed E-state index contributed by atoms with van der Waals surface area (Å²) in [6.45, 7) is 3.86. The topological polar surface area (TPSA) is 113 Å². The summed E-state index contributed by atoms with van der Waals surface area (Å²) < 4.78 is 7.63. The van der Waals surface area contributed by atoms with E-state index in [1.54, 1.807) is 12.1 Å². The van der Waals surface area contributed by atoms with Crippen LogP contribution in [0.1, 0.15) is 47.2 Å². The molecule has 2 aliphatic rings. The van der Waals surface area contributed by atoms with E-state index in [9.17, 15) is 14.7 Å². The van der Waals surface area contributed by atoms with Gasteiger partial charge in [-0.15, -0.1) is 0 Å². The molecule has 0 amide bonds. The van der Waals surface area contributed by atoms with Crippen molar-refractivity contribution in [2.45, 2.75) is 44.4 Å². The zero-order valence-electron chi connectivity index (χ0n) is 17.2. The molecule has 0 bridgehead atoms.